The lowest BCUT2D eigenvalue weighted by molar-refractivity contribution is 0.148. The first-order valence-electron chi connectivity index (χ1n) is 7.98. The number of aliphatic hydroxyl groups excluding tert-OH is 1. The average molecular weight is 366 g/mol. The van der Waals surface area contributed by atoms with Crippen molar-refractivity contribution in [2.45, 2.75) is 12.6 Å². The van der Waals surface area contributed by atoms with Crippen molar-refractivity contribution in [3.8, 4) is 11.4 Å². The zero-order valence-corrected chi connectivity index (χ0v) is 15.0. The molecular weight excluding hydrogens is 344 g/mol. The zero-order chi connectivity index (χ0) is 18.0. The highest BCUT2D eigenvalue weighted by molar-refractivity contribution is 7.89. The molecule has 2 atom stereocenters. The van der Waals surface area contributed by atoms with Crippen LogP contribution < -0.4 is 0 Å². The Labute approximate surface area is 146 Å². The predicted octanol–water partition coefficient (Wildman–Crippen LogP) is -0.449. The minimum atomic E-state index is -3.32. The highest BCUT2D eigenvalue weighted by Gasteiger charge is 2.35. The van der Waals surface area contributed by atoms with Crippen molar-refractivity contribution in [2.75, 3.05) is 32.9 Å². The summed E-state index contributed by atoms with van der Waals surface area (Å²) in [6, 6.07) is 7.78. The number of tetrazole rings is 1. The number of benzene rings is 1. The van der Waals surface area contributed by atoms with Gasteiger partial charge < -0.3 is 5.11 Å². The molecule has 136 valence electrons. The summed E-state index contributed by atoms with van der Waals surface area (Å²) in [5.74, 6) is 0.233. The van der Waals surface area contributed by atoms with Crippen molar-refractivity contribution in [1.82, 2.24) is 29.8 Å². The number of aliphatic hydroxyl groups is 1. The Morgan fingerprint density at radius 3 is 2.60 bits per heavy atom. The van der Waals surface area contributed by atoms with Crippen LogP contribution in [-0.4, -0.2) is 82.4 Å². The van der Waals surface area contributed by atoms with Crippen molar-refractivity contribution in [3.63, 3.8) is 0 Å². The Balaban J connectivity index is 1.61. The van der Waals surface area contributed by atoms with E-state index in [1.807, 2.05) is 24.3 Å². The normalized spacial score (nSPS) is 21.9. The number of likely N-dealkylation sites (tertiary alicyclic amines) is 1. The summed E-state index contributed by atoms with van der Waals surface area (Å²) in [6.07, 6.45) is -0.631. The predicted molar refractivity (Wildman–Crippen MR) is 91.9 cm³/mol. The SMILES string of the molecule is CN(C)S(=O)(=O)C[C@@H]1CN(Cc2ccc(-c3nn[nH]n3)cc2)C[C@H]1O. The number of hydrogen-bond acceptors (Lipinski definition) is 7. The third-order valence-corrected chi connectivity index (χ3v) is 6.39. The quantitative estimate of drug-likeness (QED) is 0.711. The lowest BCUT2D eigenvalue weighted by atomic mass is 10.1. The first-order chi connectivity index (χ1) is 11.8. The van der Waals surface area contributed by atoms with Crippen molar-refractivity contribution >= 4 is 10.0 Å². The number of β-amino-alcohol motifs (C(OH)–C–C–N with tert-alkyl or cyclic N) is 1. The van der Waals surface area contributed by atoms with Crippen LogP contribution >= 0.6 is 0 Å². The molecule has 1 aromatic carbocycles. The molecule has 3 rings (SSSR count). The van der Waals surface area contributed by atoms with E-state index in [-0.39, 0.29) is 11.7 Å². The maximum atomic E-state index is 12.0. The van der Waals surface area contributed by atoms with Crippen molar-refractivity contribution < 1.29 is 13.5 Å². The van der Waals surface area contributed by atoms with Gasteiger partial charge in [-0.05, 0) is 10.8 Å². The number of sulfonamides is 1. The smallest absolute Gasteiger partial charge is 0.214 e. The van der Waals surface area contributed by atoms with Gasteiger partial charge in [0.15, 0.2) is 0 Å². The average Bonchev–Trinajstić information content (AvgIpc) is 3.19. The third-order valence-electron chi connectivity index (χ3n) is 4.43. The molecule has 25 heavy (non-hydrogen) atoms. The van der Waals surface area contributed by atoms with E-state index in [1.165, 1.54) is 18.4 Å². The first-order valence-corrected chi connectivity index (χ1v) is 9.59. The summed E-state index contributed by atoms with van der Waals surface area (Å²) >= 11 is 0. The van der Waals surface area contributed by atoms with Crippen molar-refractivity contribution in [1.29, 1.82) is 0 Å². The molecule has 0 bridgehead atoms. The lowest BCUT2D eigenvalue weighted by Gasteiger charge is -2.18. The van der Waals surface area contributed by atoms with Crippen LogP contribution in [0.2, 0.25) is 0 Å². The zero-order valence-electron chi connectivity index (χ0n) is 14.2. The second-order valence-corrected chi connectivity index (χ2v) is 8.74. The van der Waals surface area contributed by atoms with E-state index in [4.69, 9.17) is 0 Å². The molecule has 0 unspecified atom stereocenters. The number of rotatable bonds is 6. The molecule has 1 aliphatic heterocycles. The number of nitrogens with one attached hydrogen (secondary N) is 1. The van der Waals surface area contributed by atoms with Crippen molar-refractivity contribution in [2.24, 2.45) is 5.92 Å². The van der Waals surface area contributed by atoms with E-state index in [1.54, 1.807) is 0 Å². The topological polar surface area (TPSA) is 115 Å². The second kappa shape index (κ2) is 7.16. The van der Waals surface area contributed by atoms with Gasteiger partial charge in [-0.3, -0.25) is 4.90 Å². The van der Waals surface area contributed by atoms with E-state index >= 15 is 0 Å². The molecule has 1 fully saturated rings. The van der Waals surface area contributed by atoms with Crippen LogP contribution in [0.25, 0.3) is 11.4 Å². The summed E-state index contributed by atoms with van der Waals surface area (Å²) in [5.41, 5.74) is 1.95. The Morgan fingerprint density at radius 2 is 2.00 bits per heavy atom. The van der Waals surface area contributed by atoms with Crippen LogP contribution in [0, 0.1) is 5.92 Å². The fourth-order valence-corrected chi connectivity index (χ4v) is 4.12. The molecule has 2 aromatic rings. The Morgan fingerprint density at radius 1 is 1.28 bits per heavy atom. The van der Waals surface area contributed by atoms with Gasteiger partial charge in [0.1, 0.15) is 0 Å². The van der Waals surface area contributed by atoms with E-state index in [2.05, 4.69) is 25.5 Å². The molecule has 9 nitrogen and oxygen atoms in total. The minimum absolute atomic E-state index is 0.0333. The highest BCUT2D eigenvalue weighted by Crippen LogP contribution is 2.22. The van der Waals surface area contributed by atoms with Gasteiger partial charge in [0.05, 0.1) is 11.9 Å². The molecule has 0 aliphatic carbocycles. The maximum absolute atomic E-state index is 12.0. The minimum Gasteiger partial charge on any atom is -0.391 e. The molecule has 0 radical (unpaired) electrons. The van der Waals surface area contributed by atoms with E-state index in [0.717, 1.165) is 11.1 Å². The molecule has 0 spiro atoms. The van der Waals surface area contributed by atoms with Crippen LogP contribution in [0.3, 0.4) is 0 Å². The van der Waals surface area contributed by atoms with Gasteiger partial charge in [-0.15, -0.1) is 10.2 Å². The van der Waals surface area contributed by atoms with Gasteiger partial charge >= 0.3 is 0 Å². The Hall–Kier alpha value is -1.88. The third kappa shape index (κ3) is 4.21. The number of nitrogens with zero attached hydrogens (tertiary/aromatic N) is 5. The molecule has 2 heterocycles. The molecule has 1 saturated heterocycles. The summed E-state index contributed by atoms with van der Waals surface area (Å²) in [5, 5.41) is 24.0. The van der Waals surface area contributed by atoms with Gasteiger partial charge in [-0.25, -0.2) is 12.7 Å². The fraction of sp³-hybridized carbons (Fsp3) is 0.533. The largest absolute Gasteiger partial charge is 0.391 e. The standard InChI is InChI=1S/C15H22N6O3S/c1-20(2)25(23,24)10-13-8-21(9-14(13)22)7-11-3-5-12(6-4-11)15-16-18-19-17-15/h3-6,13-14,22H,7-10H2,1-2H3,(H,16,17,18,19)/t13-,14+/m0/s1. The summed E-state index contributed by atoms with van der Waals surface area (Å²) in [7, 11) is -0.290. The molecule has 0 saturated carbocycles. The molecule has 1 aromatic heterocycles. The highest BCUT2D eigenvalue weighted by atomic mass is 32.2. The van der Waals surface area contributed by atoms with E-state index in [9.17, 15) is 13.5 Å². The molecular formula is C15H22N6O3S. The number of H-pyrrole nitrogens is 1. The number of aromatic nitrogens is 4. The first kappa shape index (κ1) is 17.9. The second-order valence-electron chi connectivity index (χ2n) is 6.51. The van der Waals surface area contributed by atoms with E-state index in [0.29, 0.717) is 25.5 Å². The monoisotopic (exact) mass is 366 g/mol. The van der Waals surface area contributed by atoms with E-state index < -0.39 is 16.1 Å². The molecule has 0 amide bonds. The van der Waals surface area contributed by atoms with Gasteiger partial charge in [-0.1, -0.05) is 24.3 Å². The lowest BCUT2D eigenvalue weighted by Crippen LogP contribution is -2.33. The molecule has 10 heteroatoms. The van der Waals surface area contributed by atoms with Crippen molar-refractivity contribution in [3.05, 3.63) is 29.8 Å². The van der Waals surface area contributed by atoms with Crippen LogP contribution in [0.4, 0.5) is 0 Å². The molecule has 2 N–H and O–H groups in total. The summed E-state index contributed by atoms with van der Waals surface area (Å²) in [6.45, 7) is 1.68. The van der Waals surface area contributed by atoms with Crippen LogP contribution in [0.1, 0.15) is 5.56 Å². The van der Waals surface area contributed by atoms with Gasteiger partial charge in [0.2, 0.25) is 15.8 Å². The Bertz CT molecular complexity index is 791. The van der Waals surface area contributed by atoms with Gasteiger partial charge in [0, 0.05) is 45.2 Å². The maximum Gasteiger partial charge on any atom is 0.214 e. The van der Waals surface area contributed by atoms with Crippen LogP contribution in [-0.2, 0) is 16.6 Å². The summed E-state index contributed by atoms with van der Waals surface area (Å²) in [4.78, 5) is 2.07. The number of aromatic amines is 1. The number of hydrogen-bond donors (Lipinski definition) is 2. The van der Waals surface area contributed by atoms with Crippen LogP contribution in [0.15, 0.2) is 24.3 Å². The summed E-state index contributed by atoms with van der Waals surface area (Å²) < 4.78 is 25.3. The van der Waals surface area contributed by atoms with Gasteiger partial charge in [-0.2, -0.15) is 5.21 Å². The van der Waals surface area contributed by atoms with Crippen LogP contribution in [0.5, 0.6) is 0 Å². The van der Waals surface area contributed by atoms with Gasteiger partial charge in [0.25, 0.3) is 0 Å². The fourth-order valence-electron chi connectivity index (χ4n) is 2.96. The molecule has 1 aliphatic rings. The Kier molecular flexibility index (Phi) is 5.13.